The summed E-state index contributed by atoms with van der Waals surface area (Å²) in [6.07, 6.45) is 3.90. The Labute approximate surface area is 115 Å². The quantitative estimate of drug-likeness (QED) is 0.688. The molecule has 0 saturated carbocycles. The van der Waals surface area contributed by atoms with Crippen LogP contribution in [0.4, 0.5) is 0 Å². The van der Waals surface area contributed by atoms with Crippen molar-refractivity contribution in [2.75, 3.05) is 19.6 Å². The van der Waals surface area contributed by atoms with Gasteiger partial charge in [-0.05, 0) is 25.1 Å². The molecule has 1 N–H and O–H groups in total. The predicted molar refractivity (Wildman–Crippen MR) is 82.1 cm³/mol. The van der Waals surface area contributed by atoms with E-state index in [1.54, 1.807) is 0 Å². The summed E-state index contributed by atoms with van der Waals surface area (Å²) in [5.41, 5.74) is 1.43. The molecule has 1 rings (SSSR count). The van der Waals surface area contributed by atoms with E-state index in [4.69, 9.17) is 0 Å². The van der Waals surface area contributed by atoms with Gasteiger partial charge in [-0.3, -0.25) is 4.90 Å². The van der Waals surface area contributed by atoms with Crippen molar-refractivity contribution in [2.24, 2.45) is 0 Å². The van der Waals surface area contributed by atoms with Crippen molar-refractivity contribution in [3.8, 4) is 0 Å². The maximum absolute atomic E-state index is 3.81. The molecule has 0 spiro atoms. The average molecular weight is 264 g/mol. The fraction of sp³-hybridized carbons (Fsp3) is 0.467. The average Bonchev–Trinajstić information content (AvgIpc) is 2.68. The Morgan fingerprint density at radius 3 is 2.56 bits per heavy atom. The highest BCUT2D eigenvalue weighted by atomic mass is 32.1. The van der Waals surface area contributed by atoms with E-state index in [1.807, 2.05) is 23.5 Å². The van der Waals surface area contributed by atoms with Crippen LogP contribution in [-0.4, -0.2) is 24.5 Å². The van der Waals surface area contributed by atoms with Crippen LogP contribution >= 0.6 is 11.3 Å². The zero-order chi connectivity index (χ0) is 13.4. The summed E-state index contributed by atoms with van der Waals surface area (Å²) in [7, 11) is 0. The van der Waals surface area contributed by atoms with E-state index in [0.717, 1.165) is 32.7 Å². The summed E-state index contributed by atoms with van der Waals surface area (Å²) in [6.45, 7) is 16.7. The molecule has 100 valence electrons. The lowest BCUT2D eigenvalue weighted by molar-refractivity contribution is 0.327. The van der Waals surface area contributed by atoms with Crippen molar-refractivity contribution in [1.29, 1.82) is 0 Å². The molecule has 3 heteroatoms. The molecular formula is C15H24N2S. The summed E-state index contributed by atoms with van der Waals surface area (Å²) in [4.78, 5) is 5.18. The largest absolute Gasteiger partial charge is 0.312 e. The second kappa shape index (κ2) is 8.25. The third-order valence-corrected chi connectivity index (χ3v) is 3.88. The predicted octanol–water partition coefficient (Wildman–Crippen LogP) is 3.34. The van der Waals surface area contributed by atoms with Gasteiger partial charge in [-0.15, -0.1) is 24.5 Å². The van der Waals surface area contributed by atoms with Crippen molar-refractivity contribution in [2.45, 2.75) is 26.9 Å². The maximum Gasteiger partial charge on any atom is 0.0299 e. The van der Waals surface area contributed by atoms with Crippen molar-refractivity contribution in [1.82, 2.24) is 10.2 Å². The number of hydrogen-bond acceptors (Lipinski definition) is 3. The van der Waals surface area contributed by atoms with Gasteiger partial charge in [0.2, 0.25) is 0 Å². The van der Waals surface area contributed by atoms with Crippen LogP contribution in [0.25, 0.3) is 0 Å². The molecule has 0 aliphatic carbocycles. The van der Waals surface area contributed by atoms with Crippen LogP contribution in [-0.2, 0) is 13.1 Å². The van der Waals surface area contributed by atoms with Crippen molar-refractivity contribution in [3.63, 3.8) is 0 Å². The fourth-order valence-electron chi connectivity index (χ4n) is 1.89. The second-order valence-corrected chi connectivity index (χ2v) is 5.69. The fourth-order valence-corrected chi connectivity index (χ4v) is 2.91. The minimum Gasteiger partial charge on any atom is -0.312 e. The summed E-state index contributed by atoms with van der Waals surface area (Å²) in [5, 5.41) is 3.37. The summed E-state index contributed by atoms with van der Waals surface area (Å²) in [5.74, 6) is 0. The van der Waals surface area contributed by atoms with Crippen LogP contribution in [0.5, 0.6) is 0 Å². The first-order valence-corrected chi connectivity index (χ1v) is 7.26. The number of nitrogens with one attached hydrogen (secondary N) is 1. The van der Waals surface area contributed by atoms with Gasteiger partial charge in [0.25, 0.3) is 0 Å². The number of aryl methyl sites for hydroxylation is 1. The first-order chi connectivity index (χ1) is 8.71. The van der Waals surface area contributed by atoms with Gasteiger partial charge >= 0.3 is 0 Å². The molecule has 0 aromatic carbocycles. The van der Waals surface area contributed by atoms with Gasteiger partial charge in [0.1, 0.15) is 0 Å². The molecule has 1 heterocycles. The Hall–Kier alpha value is -0.900. The molecule has 1 aromatic heterocycles. The zero-order valence-corrected chi connectivity index (χ0v) is 12.4. The second-order valence-electron chi connectivity index (χ2n) is 4.35. The number of thiophene rings is 1. The molecule has 2 nitrogen and oxygen atoms in total. The van der Waals surface area contributed by atoms with Crippen LogP contribution in [0.3, 0.4) is 0 Å². The van der Waals surface area contributed by atoms with Crippen LogP contribution in [0.2, 0.25) is 0 Å². The Balaban J connectivity index is 2.66. The molecule has 0 amide bonds. The highest BCUT2D eigenvalue weighted by Crippen LogP contribution is 2.22. The van der Waals surface area contributed by atoms with Gasteiger partial charge in [0.15, 0.2) is 0 Å². The summed E-state index contributed by atoms with van der Waals surface area (Å²) < 4.78 is 0. The van der Waals surface area contributed by atoms with E-state index in [9.17, 15) is 0 Å². The lowest BCUT2D eigenvalue weighted by Gasteiger charge is -2.18. The molecule has 1 aromatic rings. The SMILES string of the molecule is C=CCN(CC=C)Cc1cc(CNCC)sc1C. The molecule has 0 radical (unpaired) electrons. The van der Waals surface area contributed by atoms with E-state index in [0.29, 0.717) is 0 Å². The molecule has 0 fully saturated rings. The van der Waals surface area contributed by atoms with Gasteiger partial charge in [-0.2, -0.15) is 0 Å². The van der Waals surface area contributed by atoms with Gasteiger partial charge in [0.05, 0.1) is 0 Å². The lowest BCUT2D eigenvalue weighted by atomic mass is 10.2. The molecule has 0 atom stereocenters. The first-order valence-electron chi connectivity index (χ1n) is 6.44. The van der Waals surface area contributed by atoms with Gasteiger partial charge in [-0.25, -0.2) is 0 Å². The van der Waals surface area contributed by atoms with Crippen molar-refractivity contribution in [3.05, 3.63) is 46.7 Å². The Morgan fingerprint density at radius 2 is 2.00 bits per heavy atom. The summed E-state index contributed by atoms with van der Waals surface area (Å²) >= 11 is 1.89. The highest BCUT2D eigenvalue weighted by Gasteiger charge is 2.09. The van der Waals surface area contributed by atoms with Crippen LogP contribution in [0.15, 0.2) is 31.4 Å². The minimum atomic E-state index is 0.907. The van der Waals surface area contributed by atoms with E-state index < -0.39 is 0 Å². The first kappa shape index (κ1) is 15.2. The minimum absolute atomic E-state index is 0.907. The molecule has 0 aliphatic rings. The maximum atomic E-state index is 3.81. The Bertz CT molecular complexity index is 372. The van der Waals surface area contributed by atoms with E-state index >= 15 is 0 Å². The van der Waals surface area contributed by atoms with Crippen LogP contribution in [0.1, 0.15) is 22.2 Å². The van der Waals surface area contributed by atoms with Crippen LogP contribution < -0.4 is 5.32 Å². The van der Waals surface area contributed by atoms with Crippen LogP contribution in [0, 0.1) is 6.92 Å². The standard InChI is InChI=1S/C15H24N2S/c1-5-8-17(9-6-2)12-14-10-15(11-16-7-3)18-13(14)4/h5-6,10,16H,1-2,7-9,11-12H2,3-4H3. The van der Waals surface area contributed by atoms with E-state index in [1.165, 1.54) is 15.3 Å². The number of hydrogen-bond donors (Lipinski definition) is 1. The molecule has 0 bridgehead atoms. The highest BCUT2D eigenvalue weighted by molar-refractivity contribution is 7.12. The third-order valence-electron chi connectivity index (χ3n) is 2.79. The van der Waals surface area contributed by atoms with E-state index in [2.05, 4.69) is 43.3 Å². The number of rotatable bonds is 9. The smallest absolute Gasteiger partial charge is 0.0299 e. The summed E-state index contributed by atoms with van der Waals surface area (Å²) in [6, 6.07) is 2.32. The number of nitrogens with zero attached hydrogens (tertiary/aromatic N) is 1. The van der Waals surface area contributed by atoms with E-state index in [-0.39, 0.29) is 0 Å². The lowest BCUT2D eigenvalue weighted by Crippen LogP contribution is -2.23. The Kier molecular flexibility index (Phi) is 6.94. The van der Waals surface area contributed by atoms with Gasteiger partial charge in [0, 0.05) is 35.9 Å². The molecular weight excluding hydrogens is 240 g/mol. The zero-order valence-electron chi connectivity index (χ0n) is 11.5. The monoisotopic (exact) mass is 264 g/mol. The van der Waals surface area contributed by atoms with Gasteiger partial charge in [-0.1, -0.05) is 19.1 Å². The normalized spacial score (nSPS) is 10.8. The van der Waals surface area contributed by atoms with Crippen molar-refractivity contribution < 1.29 is 0 Å². The topological polar surface area (TPSA) is 15.3 Å². The molecule has 0 aliphatic heterocycles. The molecule has 18 heavy (non-hydrogen) atoms. The Morgan fingerprint density at radius 1 is 1.33 bits per heavy atom. The van der Waals surface area contributed by atoms with Crippen molar-refractivity contribution >= 4 is 11.3 Å². The molecule has 0 saturated heterocycles. The van der Waals surface area contributed by atoms with Gasteiger partial charge < -0.3 is 5.32 Å². The molecule has 0 unspecified atom stereocenters. The third kappa shape index (κ3) is 4.77.